The van der Waals surface area contributed by atoms with Crippen molar-refractivity contribution in [3.63, 3.8) is 0 Å². The summed E-state index contributed by atoms with van der Waals surface area (Å²) in [6.07, 6.45) is 2.44. The van der Waals surface area contributed by atoms with E-state index in [0.717, 1.165) is 29.9 Å². The molecule has 1 aromatic heterocycles. The molecular weight excluding hydrogens is 232 g/mol. The third-order valence-corrected chi connectivity index (χ3v) is 3.65. The fraction of sp³-hybridized carbons (Fsp3) is 0.385. The molecule has 0 atom stereocenters. The minimum absolute atomic E-state index is 0.120. The number of benzene rings is 1. The summed E-state index contributed by atoms with van der Waals surface area (Å²) in [6, 6.07) is 8.17. The van der Waals surface area contributed by atoms with Gasteiger partial charge in [0.15, 0.2) is 0 Å². The second-order valence-electron chi connectivity index (χ2n) is 3.88. The zero-order chi connectivity index (χ0) is 12.1. The number of amides is 1. The van der Waals surface area contributed by atoms with Crippen LogP contribution in [0.25, 0.3) is 10.2 Å². The monoisotopic (exact) mass is 248 g/mol. The number of fused-ring (bicyclic) bond motifs is 1. The van der Waals surface area contributed by atoms with Crippen molar-refractivity contribution in [2.24, 2.45) is 0 Å². The van der Waals surface area contributed by atoms with Crippen molar-refractivity contribution in [1.82, 2.24) is 10.3 Å². The van der Waals surface area contributed by atoms with Gasteiger partial charge in [-0.1, -0.05) is 19.1 Å². The second-order valence-corrected chi connectivity index (χ2v) is 5.00. The molecule has 90 valence electrons. The van der Waals surface area contributed by atoms with Gasteiger partial charge in [0.2, 0.25) is 5.91 Å². The van der Waals surface area contributed by atoms with Crippen LogP contribution in [0.5, 0.6) is 0 Å². The SMILES string of the molecule is CCC(=O)NCCCc1nc2ccccc2s1. The number of hydrogen-bond acceptors (Lipinski definition) is 3. The highest BCUT2D eigenvalue weighted by Gasteiger charge is 2.03. The Hall–Kier alpha value is -1.42. The third-order valence-electron chi connectivity index (χ3n) is 2.55. The van der Waals surface area contributed by atoms with Crippen LogP contribution in [0.15, 0.2) is 24.3 Å². The summed E-state index contributed by atoms with van der Waals surface area (Å²) in [6.45, 7) is 2.60. The Morgan fingerprint density at radius 2 is 2.24 bits per heavy atom. The first-order valence-corrected chi connectivity index (χ1v) is 6.72. The molecule has 0 saturated heterocycles. The van der Waals surface area contributed by atoms with Crippen LogP contribution in [0.1, 0.15) is 24.8 Å². The van der Waals surface area contributed by atoms with Crippen LogP contribution in [0.2, 0.25) is 0 Å². The van der Waals surface area contributed by atoms with Crippen molar-refractivity contribution in [2.45, 2.75) is 26.2 Å². The van der Waals surface area contributed by atoms with E-state index in [2.05, 4.69) is 16.4 Å². The van der Waals surface area contributed by atoms with Gasteiger partial charge in [0.05, 0.1) is 15.2 Å². The molecule has 1 N–H and O–H groups in total. The first kappa shape index (κ1) is 12.0. The maximum absolute atomic E-state index is 11.0. The molecule has 0 radical (unpaired) electrons. The van der Waals surface area contributed by atoms with Gasteiger partial charge in [0.1, 0.15) is 0 Å². The Labute approximate surface area is 105 Å². The molecular formula is C13H16N2OS. The van der Waals surface area contributed by atoms with Crippen molar-refractivity contribution >= 4 is 27.5 Å². The van der Waals surface area contributed by atoms with E-state index in [0.29, 0.717) is 6.42 Å². The Kier molecular flexibility index (Phi) is 4.09. The zero-order valence-corrected chi connectivity index (χ0v) is 10.7. The third kappa shape index (κ3) is 3.27. The average molecular weight is 248 g/mol. The van der Waals surface area contributed by atoms with E-state index in [1.165, 1.54) is 4.70 Å². The molecule has 0 aliphatic carbocycles. The number of carbonyl (C=O) groups is 1. The molecule has 3 nitrogen and oxygen atoms in total. The lowest BCUT2D eigenvalue weighted by Gasteiger charge is -2.01. The number of thiazole rings is 1. The fourth-order valence-corrected chi connectivity index (χ4v) is 2.63. The molecule has 1 heterocycles. The fourth-order valence-electron chi connectivity index (χ4n) is 1.62. The van der Waals surface area contributed by atoms with Gasteiger partial charge in [-0.05, 0) is 18.6 Å². The lowest BCUT2D eigenvalue weighted by Crippen LogP contribution is -2.23. The Morgan fingerprint density at radius 1 is 1.41 bits per heavy atom. The van der Waals surface area contributed by atoms with E-state index in [4.69, 9.17) is 0 Å². The van der Waals surface area contributed by atoms with Gasteiger partial charge in [-0.3, -0.25) is 4.79 Å². The normalized spacial score (nSPS) is 10.6. The van der Waals surface area contributed by atoms with Gasteiger partial charge < -0.3 is 5.32 Å². The van der Waals surface area contributed by atoms with Crippen LogP contribution in [-0.4, -0.2) is 17.4 Å². The largest absolute Gasteiger partial charge is 0.356 e. The number of aryl methyl sites for hydroxylation is 1. The quantitative estimate of drug-likeness (QED) is 0.827. The minimum Gasteiger partial charge on any atom is -0.356 e. The molecule has 2 rings (SSSR count). The Balaban J connectivity index is 1.85. The highest BCUT2D eigenvalue weighted by atomic mass is 32.1. The first-order chi connectivity index (χ1) is 8.29. The van der Waals surface area contributed by atoms with Crippen LogP contribution in [0.4, 0.5) is 0 Å². The van der Waals surface area contributed by atoms with Crippen LogP contribution in [0.3, 0.4) is 0 Å². The van der Waals surface area contributed by atoms with Crippen LogP contribution >= 0.6 is 11.3 Å². The summed E-state index contributed by atoms with van der Waals surface area (Å²) in [5, 5.41) is 4.02. The molecule has 0 fully saturated rings. The van der Waals surface area contributed by atoms with Crippen LogP contribution < -0.4 is 5.32 Å². The van der Waals surface area contributed by atoms with Gasteiger partial charge >= 0.3 is 0 Å². The Morgan fingerprint density at radius 3 is 3.00 bits per heavy atom. The number of aromatic nitrogens is 1. The second kappa shape index (κ2) is 5.77. The molecule has 0 aliphatic rings. The average Bonchev–Trinajstić information content (AvgIpc) is 2.76. The number of nitrogens with one attached hydrogen (secondary N) is 1. The zero-order valence-electron chi connectivity index (χ0n) is 9.90. The summed E-state index contributed by atoms with van der Waals surface area (Å²) in [5.74, 6) is 0.120. The van der Waals surface area contributed by atoms with E-state index < -0.39 is 0 Å². The molecule has 0 aliphatic heterocycles. The number of carbonyl (C=O) groups excluding carboxylic acids is 1. The molecule has 1 aromatic carbocycles. The molecule has 0 bridgehead atoms. The van der Waals surface area contributed by atoms with Crippen molar-refractivity contribution in [1.29, 1.82) is 0 Å². The summed E-state index contributed by atoms with van der Waals surface area (Å²) >= 11 is 1.74. The van der Waals surface area contributed by atoms with Gasteiger partial charge in [-0.15, -0.1) is 11.3 Å². The van der Waals surface area contributed by atoms with Crippen molar-refractivity contribution in [2.75, 3.05) is 6.54 Å². The summed E-state index contributed by atoms with van der Waals surface area (Å²) in [4.78, 5) is 15.6. The number of rotatable bonds is 5. The maximum Gasteiger partial charge on any atom is 0.219 e. The molecule has 1 amide bonds. The van der Waals surface area contributed by atoms with Gasteiger partial charge in [-0.25, -0.2) is 4.98 Å². The standard InChI is InChI=1S/C13H16N2OS/c1-2-12(16)14-9-5-8-13-15-10-6-3-4-7-11(10)17-13/h3-4,6-7H,2,5,8-9H2,1H3,(H,14,16). The van der Waals surface area contributed by atoms with E-state index in [9.17, 15) is 4.79 Å². The van der Waals surface area contributed by atoms with Crippen LogP contribution in [-0.2, 0) is 11.2 Å². The van der Waals surface area contributed by atoms with Crippen molar-refractivity contribution in [3.8, 4) is 0 Å². The summed E-state index contributed by atoms with van der Waals surface area (Å²) in [5.41, 5.74) is 1.07. The predicted octanol–water partition coefficient (Wildman–Crippen LogP) is 2.76. The molecule has 2 aromatic rings. The lowest BCUT2D eigenvalue weighted by molar-refractivity contribution is -0.120. The summed E-state index contributed by atoms with van der Waals surface area (Å²) in [7, 11) is 0. The molecule has 4 heteroatoms. The predicted molar refractivity (Wildman–Crippen MR) is 71.2 cm³/mol. The lowest BCUT2D eigenvalue weighted by atomic mass is 10.3. The van der Waals surface area contributed by atoms with E-state index >= 15 is 0 Å². The van der Waals surface area contributed by atoms with Gasteiger partial charge in [0.25, 0.3) is 0 Å². The number of para-hydroxylation sites is 1. The van der Waals surface area contributed by atoms with Crippen molar-refractivity contribution < 1.29 is 4.79 Å². The molecule has 0 unspecified atom stereocenters. The van der Waals surface area contributed by atoms with E-state index in [1.807, 2.05) is 25.1 Å². The number of hydrogen-bond donors (Lipinski definition) is 1. The number of nitrogens with zero attached hydrogens (tertiary/aromatic N) is 1. The smallest absolute Gasteiger partial charge is 0.219 e. The van der Waals surface area contributed by atoms with Crippen LogP contribution in [0, 0.1) is 0 Å². The molecule has 17 heavy (non-hydrogen) atoms. The van der Waals surface area contributed by atoms with Gasteiger partial charge in [0, 0.05) is 19.4 Å². The molecule has 0 spiro atoms. The van der Waals surface area contributed by atoms with E-state index in [1.54, 1.807) is 11.3 Å². The highest BCUT2D eigenvalue weighted by Crippen LogP contribution is 2.22. The maximum atomic E-state index is 11.0. The van der Waals surface area contributed by atoms with Gasteiger partial charge in [-0.2, -0.15) is 0 Å². The minimum atomic E-state index is 0.120. The molecule has 0 saturated carbocycles. The van der Waals surface area contributed by atoms with Crippen molar-refractivity contribution in [3.05, 3.63) is 29.3 Å². The van der Waals surface area contributed by atoms with E-state index in [-0.39, 0.29) is 5.91 Å². The first-order valence-electron chi connectivity index (χ1n) is 5.90. The summed E-state index contributed by atoms with van der Waals surface area (Å²) < 4.78 is 1.24. The topological polar surface area (TPSA) is 42.0 Å². The highest BCUT2D eigenvalue weighted by molar-refractivity contribution is 7.18. The Bertz CT molecular complexity index is 474.